The topological polar surface area (TPSA) is 61.6 Å². The molecule has 7 rings (SSSR count). The number of esters is 1. The average molecular weight is 650 g/mol. The number of nitrogens with zero attached hydrogens (tertiary/aromatic N) is 1. The van der Waals surface area contributed by atoms with Crippen LogP contribution in [0.4, 0.5) is 0 Å². The summed E-state index contributed by atoms with van der Waals surface area (Å²) in [6, 6.07) is 49.5. The van der Waals surface area contributed by atoms with Gasteiger partial charge in [-0.05, 0) is 39.5 Å². The van der Waals surface area contributed by atoms with Crippen LogP contribution in [0.5, 0.6) is 5.75 Å². The fraction of sp³-hybridized carbons (Fsp3) is 0.190. The van der Waals surface area contributed by atoms with E-state index in [4.69, 9.17) is 18.6 Å². The lowest BCUT2D eigenvalue weighted by Gasteiger charge is -2.43. The minimum Gasteiger partial charge on any atom is -0.534 e. The zero-order valence-corrected chi connectivity index (χ0v) is 28.5. The van der Waals surface area contributed by atoms with Crippen molar-refractivity contribution in [2.24, 2.45) is 5.92 Å². The van der Waals surface area contributed by atoms with Crippen molar-refractivity contribution in [1.29, 1.82) is 0 Å². The number of aromatic nitrogens is 1. The van der Waals surface area contributed by atoms with E-state index in [1.807, 2.05) is 72.8 Å². The van der Waals surface area contributed by atoms with Crippen LogP contribution in [0, 0.1) is 5.92 Å². The van der Waals surface area contributed by atoms with Crippen LogP contribution in [-0.2, 0) is 16.0 Å². The Labute approximate surface area is 283 Å². The lowest BCUT2D eigenvalue weighted by molar-refractivity contribution is -0.142. The summed E-state index contributed by atoms with van der Waals surface area (Å²) in [4.78, 5) is 17.8. The van der Waals surface area contributed by atoms with Gasteiger partial charge in [0.05, 0.1) is 6.42 Å². The third-order valence-electron chi connectivity index (χ3n) is 9.17. The highest BCUT2D eigenvalue weighted by Crippen LogP contribution is 2.42. The molecule has 0 N–H and O–H groups in total. The molecule has 240 valence electrons. The zero-order valence-electron chi connectivity index (χ0n) is 27.5. The third kappa shape index (κ3) is 6.11. The summed E-state index contributed by atoms with van der Waals surface area (Å²) in [7, 11) is -2.81. The normalized spacial score (nSPS) is 16.4. The van der Waals surface area contributed by atoms with Gasteiger partial charge in [-0.2, -0.15) is 0 Å². The molecule has 0 spiro atoms. The number of rotatable bonds is 9. The predicted molar refractivity (Wildman–Crippen MR) is 193 cm³/mol. The molecule has 0 bridgehead atoms. The first kappa shape index (κ1) is 31.4. The molecule has 2 unspecified atom stereocenters. The number of cyclic esters (lactones) is 1. The SMILES string of the molecule is CC(C)(C)[Si](Oc1cccc(CC2CC(=O)OC2c2nc(-c3ccccc3)c(-c3ccccc3)o2)c1)(c1ccccc1)c1ccccc1. The number of carbonyl (C=O) groups excluding carboxylic acids is 1. The molecule has 0 saturated carbocycles. The standard InChI is InChI=1S/C42H39NO4Si/c1-42(2,3)48(35-23-12-6-13-24-35,36-25-14-7-15-26-36)47-34-22-16-17-30(28-34)27-33-29-37(44)45-40(33)41-43-38(31-18-8-4-9-19-31)39(46-41)32-20-10-5-11-21-32/h4-26,28,33,40H,27,29H2,1-3H3. The van der Waals surface area contributed by atoms with Gasteiger partial charge in [0, 0.05) is 17.0 Å². The maximum Gasteiger partial charge on any atom is 0.319 e. The summed E-state index contributed by atoms with van der Waals surface area (Å²) in [5.41, 5.74) is 3.67. The van der Waals surface area contributed by atoms with E-state index in [1.165, 1.54) is 10.4 Å². The van der Waals surface area contributed by atoms with Crippen molar-refractivity contribution in [3.8, 4) is 28.3 Å². The molecule has 6 heteroatoms. The first-order valence-electron chi connectivity index (χ1n) is 16.5. The van der Waals surface area contributed by atoms with Gasteiger partial charge in [-0.25, -0.2) is 4.98 Å². The van der Waals surface area contributed by atoms with E-state index in [1.54, 1.807) is 0 Å². The molecule has 48 heavy (non-hydrogen) atoms. The molecule has 6 aromatic rings. The molecule has 5 aromatic carbocycles. The van der Waals surface area contributed by atoms with E-state index in [-0.39, 0.29) is 23.3 Å². The molecular formula is C42H39NO4Si. The molecule has 5 nitrogen and oxygen atoms in total. The average Bonchev–Trinajstić information content (AvgIpc) is 3.72. The fourth-order valence-corrected chi connectivity index (χ4v) is 11.3. The van der Waals surface area contributed by atoms with Crippen molar-refractivity contribution in [3.05, 3.63) is 157 Å². The van der Waals surface area contributed by atoms with Gasteiger partial charge in [0.2, 0.25) is 5.89 Å². The molecule has 2 atom stereocenters. The Kier molecular flexibility index (Phi) is 8.59. The number of carbonyl (C=O) groups is 1. The summed E-state index contributed by atoms with van der Waals surface area (Å²) in [5.74, 6) is 1.51. The molecule has 0 radical (unpaired) electrons. The number of ether oxygens (including phenoxy) is 1. The Morgan fingerprint density at radius 1 is 0.729 bits per heavy atom. The second-order valence-electron chi connectivity index (χ2n) is 13.5. The molecule has 1 aromatic heterocycles. The Hall–Kier alpha value is -5.20. The quantitative estimate of drug-likeness (QED) is 0.116. The summed E-state index contributed by atoms with van der Waals surface area (Å²) in [5, 5.41) is 2.27. The lowest BCUT2D eigenvalue weighted by atomic mass is 9.93. The van der Waals surface area contributed by atoms with Gasteiger partial charge >= 0.3 is 14.3 Å². The van der Waals surface area contributed by atoms with Gasteiger partial charge in [-0.15, -0.1) is 0 Å². The molecule has 0 amide bonds. The van der Waals surface area contributed by atoms with Gasteiger partial charge in [0.25, 0.3) is 0 Å². The fourth-order valence-electron chi connectivity index (χ4n) is 6.94. The van der Waals surface area contributed by atoms with E-state index in [0.717, 1.165) is 28.1 Å². The van der Waals surface area contributed by atoms with Crippen LogP contribution in [-0.4, -0.2) is 19.3 Å². The van der Waals surface area contributed by atoms with Gasteiger partial charge in [0.15, 0.2) is 11.9 Å². The Bertz CT molecular complexity index is 1890. The van der Waals surface area contributed by atoms with Gasteiger partial charge in [-0.1, -0.05) is 154 Å². The van der Waals surface area contributed by atoms with Crippen LogP contribution in [0.2, 0.25) is 5.04 Å². The van der Waals surface area contributed by atoms with Gasteiger partial charge in [-0.3, -0.25) is 4.79 Å². The second kappa shape index (κ2) is 13.1. The highest BCUT2D eigenvalue weighted by molar-refractivity contribution is 7.00. The van der Waals surface area contributed by atoms with E-state index >= 15 is 0 Å². The largest absolute Gasteiger partial charge is 0.534 e. The highest BCUT2D eigenvalue weighted by Gasteiger charge is 2.52. The number of benzene rings is 5. The molecule has 1 aliphatic rings. The minimum atomic E-state index is -2.81. The maximum atomic E-state index is 12.8. The summed E-state index contributed by atoms with van der Waals surface area (Å²) < 4.78 is 19.7. The smallest absolute Gasteiger partial charge is 0.319 e. The van der Waals surface area contributed by atoms with Gasteiger partial charge < -0.3 is 13.6 Å². The lowest BCUT2D eigenvalue weighted by Crippen LogP contribution is -2.68. The van der Waals surface area contributed by atoms with Crippen LogP contribution in [0.1, 0.15) is 44.8 Å². The zero-order chi connectivity index (χ0) is 33.1. The third-order valence-corrected chi connectivity index (χ3v) is 14.1. The minimum absolute atomic E-state index is 0.147. The Morgan fingerprint density at radius 2 is 1.29 bits per heavy atom. The molecule has 1 fully saturated rings. The van der Waals surface area contributed by atoms with Gasteiger partial charge in [0.1, 0.15) is 11.4 Å². The molecule has 0 aliphatic carbocycles. The number of oxazole rings is 1. The van der Waals surface area contributed by atoms with E-state index in [2.05, 4.69) is 93.6 Å². The van der Waals surface area contributed by atoms with E-state index in [0.29, 0.717) is 18.1 Å². The number of hydrogen-bond donors (Lipinski definition) is 0. The summed E-state index contributed by atoms with van der Waals surface area (Å²) in [6.07, 6.45) is 0.297. The van der Waals surface area contributed by atoms with E-state index in [9.17, 15) is 4.79 Å². The van der Waals surface area contributed by atoms with Crippen molar-refractivity contribution in [1.82, 2.24) is 4.98 Å². The van der Waals surface area contributed by atoms with Crippen molar-refractivity contribution in [2.75, 3.05) is 0 Å². The van der Waals surface area contributed by atoms with Crippen LogP contribution >= 0.6 is 0 Å². The Balaban J connectivity index is 1.22. The molecule has 1 aliphatic heterocycles. The van der Waals surface area contributed by atoms with Crippen molar-refractivity contribution in [3.63, 3.8) is 0 Å². The molecular weight excluding hydrogens is 611 g/mol. The van der Waals surface area contributed by atoms with Crippen molar-refractivity contribution in [2.45, 2.75) is 44.8 Å². The van der Waals surface area contributed by atoms with Crippen molar-refractivity contribution < 1.29 is 18.4 Å². The summed E-state index contributed by atoms with van der Waals surface area (Å²) in [6.45, 7) is 6.83. The maximum absolute atomic E-state index is 12.8. The van der Waals surface area contributed by atoms with Crippen LogP contribution in [0.25, 0.3) is 22.6 Å². The predicted octanol–water partition coefficient (Wildman–Crippen LogP) is 8.79. The first-order valence-corrected chi connectivity index (χ1v) is 18.4. The first-order chi connectivity index (χ1) is 23.3. The van der Waals surface area contributed by atoms with Crippen LogP contribution in [0.15, 0.2) is 150 Å². The monoisotopic (exact) mass is 649 g/mol. The van der Waals surface area contributed by atoms with Crippen molar-refractivity contribution >= 4 is 24.7 Å². The number of hydrogen-bond acceptors (Lipinski definition) is 5. The second-order valence-corrected chi connectivity index (χ2v) is 17.7. The van der Waals surface area contributed by atoms with Crippen LogP contribution in [0.3, 0.4) is 0 Å². The van der Waals surface area contributed by atoms with Crippen LogP contribution < -0.4 is 14.8 Å². The summed E-state index contributed by atoms with van der Waals surface area (Å²) >= 11 is 0. The van der Waals surface area contributed by atoms with E-state index < -0.39 is 14.4 Å². The molecule has 1 saturated heterocycles. The Morgan fingerprint density at radius 3 is 1.88 bits per heavy atom. The highest BCUT2D eigenvalue weighted by atomic mass is 28.4. The molecule has 2 heterocycles.